The number of halogens is 1. The number of benzene rings is 1. The Bertz CT molecular complexity index is 358. The summed E-state index contributed by atoms with van der Waals surface area (Å²) < 4.78 is 11.5. The number of rotatable bonds is 3. The largest absolute Gasteiger partial charge is 0.492 e. The molecule has 84 valence electrons. The van der Waals surface area contributed by atoms with Gasteiger partial charge in [-0.05, 0) is 35.8 Å². The Balaban J connectivity index is 3.42. The smallest absolute Gasteiger partial charge is 0.175 e. The van der Waals surface area contributed by atoms with E-state index in [-0.39, 0.29) is 0 Å². The van der Waals surface area contributed by atoms with E-state index in [1.54, 1.807) is 14.2 Å². The molecule has 1 aromatic rings. The molecule has 1 aromatic carbocycles. The van der Waals surface area contributed by atoms with Gasteiger partial charge < -0.3 is 15.2 Å². The highest BCUT2D eigenvalue weighted by Crippen LogP contribution is 2.41. The second-order valence-corrected chi connectivity index (χ2v) is 4.74. The first-order valence-electron chi connectivity index (χ1n) is 4.61. The Morgan fingerprint density at radius 2 is 1.67 bits per heavy atom. The van der Waals surface area contributed by atoms with Gasteiger partial charge in [0, 0.05) is 11.1 Å². The van der Waals surface area contributed by atoms with Crippen molar-refractivity contribution in [2.45, 2.75) is 19.4 Å². The van der Waals surface area contributed by atoms with Crippen molar-refractivity contribution in [2.24, 2.45) is 5.73 Å². The molecule has 2 N–H and O–H groups in total. The third kappa shape index (κ3) is 2.44. The van der Waals surface area contributed by atoms with Crippen LogP contribution in [0.3, 0.4) is 0 Å². The molecule has 0 atom stereocenters. The minimum absolute atomic E-state index is 0.459. The van der Waals surface area contributed by atoms with Crippen molar-refractivity contribution in [3.05, 3.63) is 22.2 Å². The van der Waals surface area contributed by atoms with Crippen LogP contribution in [0.15, 0.2) is 16.6 Å². The summed E-state index contributed by atoms with van der Waals surface area (Å²) in [7, 11) is 3.22. The molecule has 0 aliphatic rings. The second kappa shape index (κ2) is 4.41. The molecule has 0 aliphatic heterocycles. The van der Waals surface area contributed by atoms with Gasteiger partial charge in [-0.25, -0.2) is 0 Å². The highest BCUT2D eigenvalue weighted by Gasteiger charge is 2.23. The van der Waals surface area contributed by atoms with Crippen LogP contribution in [0.2, 0.25) is 0 Å². The predicted octanol–water partition coefficient (Wildman–Crippen LogP) is 2.66. The first kappa shape index (κ1) is 12.3. The maximum atomic E-state index is 6.06. The Kier molecular flexibility index (Phi) is 3.62. The fourth-order valence-corrected chi connectivity index (χ4v) is 1.91. The van der Waals surface area contributed by atoms with Crippen LogP contribution in [0.4, 0.5) is 0 Å². The van der Waals surface area contributed by atoms with Crippen LogP contribution < -0.4 is 15.2 Å². The van der Waals surface area contributed by atoms with Crippen molar-refractivity contribution in [1.29, 1.82) is 0 Å². The van der Waals surface area contributed by atoms with Crippen molar-refractivity contribution in [3.8, 4) is 11.5 Å². The lowest BCUT2D eigenvalue weighted by molar-refractivity contribution is 0.342. The van der Waals surface area contributed by atoms with E-state index in [1.165, 1.54) is 0 Å². The van der Waals surface area contributed by atoms with Crippen LogP contribution in [0, 0.1) is 0 Å². The lowest BCUT2D eigenvalue weighted by Gasteiger charge is -2.23. The minimum Gasteiger partial charge on any atom is -0.492 e. The molecule has 0 heterocycles. The van der Waals surface area contributed by atoms with E-state index >= 15 is 0 Å². The lowest BCUT2D eigenvalue weighted by Crippen LogP contribution is -2.29. The number of nitrogens with two attached hydrogens (primary N) is 1. The Morgan fingerprint density at radius 3 is 2.07 bits per heavy atom. The SMILES string of the molecule is COc1c(Br)ccc(C(C)(C)N)c1OC. The lowest BCUT2D eigenvalue weighted by atomic mass is 9.94. The maximum Gasteiger partial charge on any atom is 0.175 e. The predicted molar refractivity (Wildman–Crippen MR) is 64.5 cm³/mol. The van der Waals surface area contributed by atoms with Gasteiger partial charge in [0.15, 0.2) is 11.5 Å². The van der Waals surface area contributed by atoms with E-state index in [4.69, 9.17) is 15.2 Å². The Hall–Kier alpha value is -0.740. The molecule has 0 unspecified atom stereocenters. The molecular formula is C11H16BrNO2. The summed E-state index contributed by atoms with van der Waals surface area (Å²) in [5.41, 5.74) is 6.52. The number of ether oxygens (including phenoxy) is 2. The van der Waals surface area contributed by atoms with Crippen LogP contribution in [0.1, 0.15) is 19.4 Å². The van der Waals surface area contributed by atoms with Crippen molar-refractivity contribution in [3.63, 3.8) is 0 Å². The molecule has 0 saturated heterocycles. The summed E-state index contributed by atoms with van der Waals surface area (Å²) >= 11 is 3.40. The fraction of sp³-hybridized carbons (Fsp3) is 0.455. The zero-order valence-corrected chi connectivity index (χ0v) is 11.0. The monoisotopic (exact) mass is 273 g/mol. The van der Waals surface area contributed by atoms with E-state index < -0.39 is 5.54 Å². The molecule has 3 nitrogen and oxygen atoms in total. The van der Waals surface area contributed by atoms with Gasteiger partial charge in [0.05, 0.1) is 18.7 Å². The van der Waals surface area contributed by atoms with Gasteiger partial charge in [0.2, 0.25) is 0 Å². The zero-order valence-electron chi connectivity index (χ0n) is 9.43. The molecule has 0 fully saturated rings. The topological polar surface area (TPSA) is 44.5 Å². The molecular weight excluding hydrogens is 258 g/mol. The average molecular weight is 274 g/mol. The van der Waals surface area contributed by atoms with Crippen molar-refractivity contribution in [2.75, 3.05) is 14.2 Å². The van der Waals surface area contributed by atoms with Gasteiger partial charge in [0.25, 0.3) is 0 Å². The summed E-state index contributed by atoms with van der Waals surface area (Å²) in [5, 5.41) is 0. The van der Waals surface area contributed by atoms with Crippen LogP contribution in [-0.4, -0.2) is 14.2 Å². The number of hydrogen-bond donors (Lipinski definition) is 1. The van der Waals surface area contributed by atoms with Crippen LogP contribution in [0.25, 0.3) is 0 Å². The normalized spacial score (nSPS) is 11.3. The third-order valence-corrected chi connectivity index (χ3v) is 2.79. The molecule has 0 radical (unpaired) electrons. The van der Waals surface area contributed by atoms with Crippen LogP contribution >= 0.6 is 15.9 Å². The van der Waals surface area contributed by atoms with E-state index in [0.717, 1.165) is 10.0 Å². The molecule has 0 bridgehead atoms. The fourth-order valence-electron chi connectivity index (χ4n) is 1.44. The summed E-state index contributed by atoms with van der Waals surface area (Å²) in [6, 6.07) is 3.84. The Labute approximate surface area is 98.7 Å². The maximum absolute atomic E-state index is 6.06. The van der Waals surface area contributed by atoms with Crippen molar-refractivity contribution >= 4 is 15.9 Å². The average Bonchev–Trinajstić information content (AvgIpc) is 2.15. The molecule has 1 rings (SSSR count). The van der Waals surface area contributed by atoms with Gasteiger partial charge >= 0.3 is 0 Å². The van der Waals surface area contributed by atoms with Gasteiger partial charge in [-0.3, -0.25) is 0 Å². The zero-order chi connectivity index (χ0) is 11.6. The summed E-state index contributed by atoms with van der Waals surface area (Å²) in [6.07, 6.45) is 0. The summed E-state index contributed by atoms with van der Waals surface area (Å²) in [6.45, 7) is 3.86. The highest BCUT2D eigenvalue weighted by molar-refractivity contribution is 9.10. The molecule has 0 aromatic heterocycles. The quantitative estimate of drug-likeness (QED) is 0.921. The summed E-state index contributed by atoms with van der Waals surface area (Å²) in [4.78, 5) is 0. The van der Waals surface area contributed by atoms with E-state index in [2.05, 4.69) is 15.9 Å². The number of methoxy groups -OCH3 is 2. The Morgan fingerprint density at radius 1 is 1.13 bits per heavy atom. The van der Waals surface area contributed by atoms with E-state index in [1.807, 2.05) is 26.0 Å². The molecule has 15 heavy (non-hydrogen) atoms. The van der Waals surface area contributed by atoms with Crippen molar-refractivity contribution in [1.82, 2.24) is 0 Å². The molecule has 0 amide bonds. The standard InChI is InChI=1S/C11H16BrNO2/c1-11(2,13)7-5-6-8(12)10(15-4)9(7)14-3/h5-6H,13H2,1-4H3. The third-order valence-electron chi connectivity index (χ3n) is 2.17. The summed E-state index contributed by atoms with van der Waals surface area (Å²) in [5.74, 6) is 1.35. The second-order valence-electron chi connectivity index (χ2n) is 3.88. The van der Waals surface area contributed by atoms with E-state index in [0.29, 0.717) is 11.5 Å². The minimum atomic E-state index is -0.459. The van der Waals surface area contributed by atoms with Crippen LogP contribution in [0.5, 0.6) is 11.5 Å². The molecule has 0 aliphatic carbocycles. The van der Waals surface area contributed by atoms with E-state index in [9.17, 15) is 0 Å². The molecule has 0 spiro atoms. The molecule has 4 heteroatoms. The van der Waals surface area contributed by atoms with Gasteiger partial charge in [0.1, 0.15) is 0 Å². The highest BCUT2D eigenvalue weighted by atomic mass is 79.9. The first-order chi connectivity index (χ1) is 6.91. The first-order valence-corrected chi connectivity index (χ1v) is 5.41. The van der Waals surface area contributed by atoms with Crippen molar-refractivity contribution < 1.29 is 9.47 Å². The van der Waals surface area contributed by atoms with Gasteiger partial charge in [-0.15, -0.1) is 0 Å². The van der Waals surface area contributed by atoms with Gasteiger partial charge in [-0.2, -0.15) is 0 Å². The van der Waals surface area contributed by atoms with Gasteiger partial charge in [-0.1, -0.05) is 6.07 Å². The van der Waals surface area contributed by atoms with Crippen LogP contribution in [-0.2, 0) is 5.54 Å². The molecule has 0 saturated carbocycles. The number of hydrogen-bond acceptors (Lipinski definition) is 3.